The molecule has 1 aromatic rings. The minimum absolute atomic E-state index is 0.190. The van der Waals surface area contributed by atoms with Crippen molar-refractivity contribution >= 4 is 21.6 Å². The van der Waals surface area contributed by atoms with Gasteiger partial charge >= 0.3 is 0 Å². The lowest BCUT2D eigenvalue weighted by molar-refractivity contribution is 0.222. The van der Waals surface area contributed by atoms with Crippen molar-refractivity contribution in [1.29, 1.82) is 0 Å². The Balaban J connectivity index is 2.05. The zero-order valence-electron chi connectivity index (χ0n) is 13.5. The topological polar surface area (TPSA) is 32.5 Å². The van der Waals surface area contributed by atoms with E-state index in [1.54, 1.807) is 0 Å². The average Bonchev–Trinajstić information content (AvgIpc) is 2.40. The first-order chi connectivity index (χ1) is 9.95. The minimum atomic E-state index is 0.190. The van der Waals surface area contributed by atoms with Crippen LogP contribution in [0.3, 0.4) is 0 Å². The van der Waals surface area contributed by atoms with E-state index in [0.29, 0.717) is 0 Å². The number of halogens is 1. The molecular formula is C17H28BrN3. The Morgan fingerprint density at radius 3 is 2.67 bits per heavy atom. The van der Waals surface area contributed by atoms with Crippen LogP contribution in [0.1, 0.15) is 25.3 Å². The third-order valence-corrected chi connectivity index (χ3v) is 4.86. The molecule has 2 rings (SSSR count). The fourth-order valence-corrected chi connectivity index (χ4v) is 3.58. The largest absolute Gasteiger partial charge is 0.374 e. The smallest absolute Gasteiger partial charge is 0.0397 e. The molecule has 0 aromatic heterocycles. The summed E-state index contributed by atoms with van der Waals surface area (Å²) in [5, 5.41) is 0. The third-order valence-electron chi connectivity index (χ3n) is 4.36. The van der Waals surface area contributed by atoms with Crippen LogP contribution in [0.15, 0.2) is 22.7 Å². The summed E-state index contributed by atoms with van der Waals surface area (Å²) in [6.07, 6.45) is 3.53. The number of anilines is 1. The van der Waals surface area contributed by atoms with Crippen LogP contribution in [0, 0.1) is 5.92 Å². The van der Waals surface area contributed by atoms with Gasteiger partial charge < -0.3 is 15.5 Å². The highest BCUT2D eigenvalue weighted by Crippen LogP contribution is 2.27. The van der Waals surface area contributed by atoms with E-state index in [1.807, 2.05) is 0 Å². The van der Waals surface area contributed by atoms with Crippen molar-refractivity contribution in [3.05, 3.63) is 28.2 Å². The predicted octanol–water partition coefficient (Wildman–Crippen LogP) is 3.12. The summed E-state index contributed by atoms with van der Waals surface area (Å²) in [5.41, 5.74) is 8.67. The van der Waals surface area contributed by atoms with Gasteiger partial charge in [0.15, 0.2) is 0 Å². The summed E-state index contributed by atoms with van der Waals surface area (Å²) < 4.78 is 1.13. The zero-order chi connectivity index (χ0) is 15.4. The summed E-state index contributed by atoms with van der Waals surface area (Å²) in [4.78, 5) is 4.85. The van der Waals surface area contributed by atoms with Gasteiger partial charge in [0.25, 0.3) is 0 Å². The second kappa shape index (κ2) is 7.61. The van der Waals surface area contributed by atoms with Crippen molar-refractivity contribution in [3.63, 3.8) is 0 Å². The first-order valence-electron chi connectivity index (χ1n) is 7.89. The molecule has 0 saturated carbocycles. The predicted molar refractivity (Wildman–Crippen MR) is 95.0 cm³/mol. The molecule has 1 atom stereocenters. The number of hydrogen-bond donors (Lipinski definition) is 1. The van der Waals surface area contributed by atoms with E-state index < -0.39 is 0 Å². The summed E-state index contributed by atoms with van der Waals surface area (Å²) in [6.45, 7) is 5.67. The molecule has 0 aliphatic carbocycles. The van der Waals surface area contributed by atoms with Crippen molar-refractivity contribution in [1.82, 2.24) is 4.90 Å². The normalized spacial score (nSPS) is 18.7. The van der Waals surface area contributed by atoms with Crippen molar-refractivity contribution in [2.75, 3.05) is 38.6 Å². The zero-order valence-corrected chi connectivity index (χ0v) is 15.1. The second-order valence-electron chi connectivity index (χ2n) is 6.58. The van der Waals surface area contributed by atoms with E-state index in [2.05, 4.69) is 64.9 Å². The van der Waals surface area contributed by atoms with Gasteiger partial charge in [0.1, 0.15) is 0 Å². The Kier molecular flexibility index (Phi) is 6.08. The number of nitrogens with zero attached hydrogens (tertiary/aromatic N) is 2. The molecule has 21 heavy (non-hydrogen) atoms. The van der Waals surface area contributed by atoms with Gasteiger partial charge in [-0.1, -0.05) is 15.9 Å². The Morgan fingerprint density at radius 2 is 2.05 bits per heavy atom. The van der Waals surface area contributed by atoms with Crippen molar-refractivity contribution in [2.45, 2.75) is 32.2 Å². The molecule has 118 valence electrons. The first kappa shape index (κ1) is 16.8. The number of likely N-dealkylation sites (tertiary alicyclic amines) is 1. The van der Waals surface area contributed by atoms with Gasteiger partial charge in [-0.3, -0.25) is 0 Å². The van der Waals surface area contributed by atoms with Gasteiger partial charge in [-0.25, -0.2) is 0 Å². The molecule has 3 nitrogen and oxygen atoms in total. The molecule has 0 radical (unpaired) electrons. The van der Waals surface area contributed by atoms with Gasteiger partial charge in [0.2, 0.25) is 0 Å². The molecule has 0 amide bonds. The van der Waals surface area contributed by atoms with Crippen molar-refractivity contribution in [3.8, 4) is 0 Å². The second-order valence-corrected chi connectivity index (χ2v) is 7.50. The lowest BCUT2D eigenvalue weighted by atomic mass is 9.96. The third kappa shape index (κ3) is 4.97. The van der Waals surface area contributed by atoms with Crippen molar-refractivity contribution in [2.24, 2.45) is 11.7 Å². The first-order valence-corrected chi connectivity index (χ1v) is 8.68. The van der Waals surface area contributed by atoms with Gasteiger partial charge in [-0.15, -0.1) is 0 Å². The fraction of sp³-hybridized carbons (Fsp3) is 0.647. The summed E-state index contributed by atoms with van der Waals surface area (Å²) in [6, 6.07) is 6.75. The van der Waals surface area contributed by atoms with Crippen molar-refractivity contribution < 1.29 is 0 Å². The minimum Gasteiger partial charge on any atom is -0.374 e. The Hall–Kier alpha value is -0.580. The monoisotopic (exact) mass is 353 g/mol. The van der Waals surface area contributed by atoms with E-state index >= 15 is 0 Å². The molecule has 1 heterocycles. The molecular weight excluding hydrogens is 326 g/mol. The van der Waals surface area contributed by atoms with Crippen LogP contribution in [-0.4, -0.2) is 44.7 Å². The van der Waals surface area contributed by atoms with Crippen LogP contribution in [0.5, 0.6) is 0 Å². The van der Waals surface area contributed by atoms with Crippen LogP contribution >= 0.6 is 15.9 Å². The van der Waals surface area contributed by atoms with Crippen LogP contribution in [0.4, 0.5) is 5.69 Å². The fourth-order valence-electron chi connectivity index (χ4n) is 3.17. The summed E-state index contributed by atoms with van der Waals surface area (Å²) >= 11 is 3.58. The standard InChI is InChI=1S/C17H28BrN3/c1-13(19)10-15-11-16(18)4-5-17(15)21(3)12-14-6-8-20(2)9-7-14/h4-5,11,13-14H,6-10,12,19H2,1-3H3. The Bertz CT molecular complexity index is 453. The SMILES string of the molecule is CC(N)Cc1cc(Br)ccc1N(C)CC1CCN(C)CC1. The number of hydrogen-bond acceptors (Lipinski definition) is 3. The molecule has 1 unspecified atom stereocenters. The molecule has 1 aliphatic rings. The van der Waals surface area contributed by atoms with Gasteiger partial charge in [0, 0.05) is 29.8 Å². The van der Waals surface area contributed by atoms with Gasteiger partial charge in [0.05, 0.1) is 0 Å². The van der Waals surface area contributed by atoms with E-state index in [1.165, 1.54) is 37.2 Å². The lowest BCUT2D eigenvalue weighted by Gasteiger charge is -2.33. The maximum Gasteiger partial charge on any atom is 0.0397 e. The maximum absolute atomic E-state index is 6.00. The number of rotatable bonds is 5. The highest BCUT2D eigenvalue weighted by Gasteiger charge is 2.19. The van der Waals surface area contributed by atoms with E-state index in [-0.39, 0.29) is 6.04 Å². The molecule has 1 aromatic carbocycles. The van der Waals surface area contributed by atoms with Crippen LogP contribution in [0.2, 0.25) is 0 Å². The Labute approximate surface area is 137 Å². The number of benzene rings is 1. The summed E-state index contributed by atoms with van der Waals surface area (Å²) in [7, 11) is 4.43. The highest BCUT2D eigenvalue weighted by atomic mass is 79.9. The highest BCUT2D eigenvalue weighted by molar-refractivity contribution is 9.10. The molecule has 2 N–H and O–H groups in total. The van der Waals surface area contributed by atoms with Crippen LogP contribution in [-0.2, 0) is 6.42 Å². The molecule has 1 fully saturated rings. The van der Waals surface area contributed by atoms with E-state index in [4.69, 9.17) is 5.73 Å². The van der Waals surface area contributed by atoms with Gasteiger partial charge in [-0.2, -0.15) is 0 Å². The average molecular weight is 354 g/mol. The number of piperidine rings is 1. The molecule has 0 bridgehead atoms. The maximum atomic E-state index is 6.00. The quantitative estimate of drug-likeness (QED) is 0.882. The van der Waals surface area contributed by atoms with E-state index in [0.717, 1.165) is 23.4 Å². The van der Waals surface area contributed by atoms with Crippen LogP contribution < -0.4 is 10.6 Å². The van der Waals surface area contributed by atoms with Crippen LogP contribution in [0.25, 0.3) is 0 Å². The molecule has 1 aliphatic heterocycles. The Morgan fingerprint density at radius 1 is 1.38 bits per heavy atom. The van der Waals surface area contributed by atoms with Gasteiger partial charge in [-0.05, 0) is 76.0 Å². The summed E-state index contributed by atoms with van der Waals surface area (Å²) in [5.74, 6) is 0.804. The lowest BCUT2D eigenvalue weighted by Crippen LogP contribution is -2.36. The number of nitrogens with two attached hydrogens (primary N) is 1. The van der Waals surface area contributed by atoms with E-state index in [9.17, 15) is 0 Å². The molecule has 4 heteroatoms. The molecule has 0 spiro atoms. The molecule has 1 saturated heterocycles.